The fraction of sp³-hybridized carbons (Fsp3) is 0.412. The lowest BCUT2D eigenvalue weighted by atomic mass is 10.1. The van der Waals surface area contributed by atoms with Crippen LogP contribution in [-0.4, -0.2) is 38.1 Å². The number of nitrogens with one attached hydrogen (secondary N) is 2. The number of rotatable bonds is 6. The van der Waals surface area contributed by atoms with Crippen LogP contribution in [0.3, 0.4) is 0 Å². The number of amides is 2. The number of hydrogen-bond acceptors (Lipinski definition) is 3. The van der Waals surface area contributed by atoms with E-state index in [1.807, 2.05) is 0 Å². The highest BCUT2D eigenvalue weighted by Gasteiger charge is 2.14. The molecule has 22 heavy (non-hydrogen) atoms. The lowest BCUT2D eigenvalue weighted by molar-refractivity contribution is -0.116. The molecule has 1 saturated heterocycles. The summed E-state index contributed by atoms with van der Waals surface area (Å²) in [5, 5.41) is 5.41. The molecule has 1 aromatic carbocycles. The highest BCUT2D eigenvalue weighted by Crippen LogP contribution is 2.14. The predicted octanol–water partition coefficient (Wildman–Crippen LogP) is 1.74. The van der Waals surface area contributed by atoms with Crippen LogP contribution in [0, 0.1) is 0 Å². The molecule has 1 unspecified atom stereocenters. The zero-order chi connectivity index (χ0) is 15.8. The van der Waals surface area contributed by atoms with Crippen molar-refractivity contribution in [2.45, 2.75) is 25.4 Å². The van der Waals surface area contributed by atoms with E-state index in [9.17, 15) is 9.59 Å². The fourth-order valence-electron chi connectivity index (χ4n) is 2.35. The highest BCUT2D eigenvalue weighted by molar-refractivity contribution is 5.94. The van der Waals surface area contributed by atoms with E-state index in [1.54, 1.807) is 37.4 Å². The van der Waals surface area contributed by atoms with Gasteiger partial charge in [0.2, 0.25) is 5.91 Å². The average Bonchev–Trinajstić information content (AvgIpc) is 3.06. The first kappa shape index (κ1) is 16.2. The maximum Gasteiger partial charge on any atom is 0.251 e. The third-order valence-corrected chi connectivity index (χ3v) is 3.62. The van der Waals surface area contributed by atoms with Gasteiger partial charge in [0.15, 0.2) is 0 Å². The molecular weight excluding hydrogens is 280 g/mol. The van der Waals surface area contributed by atoms with Gasteiger partial charge in [0.25, 0.3) is 5.91 Å². The molecule has 0 radical (unpaired) electrons. The molecule has 1 heterocycles. The summed E-state index contributed by atoms with van der Waals surface area (Å²) in [7, 11) is 1.59. The van der Waals surface area contributed by atoms with Crippen molar-refractivity contribution in [3.05, 3.63) is 41.5 Å². The molecule has 0 spiro atoms. The van der Waals surface area contributed by atoms with Gasteiger partial charge in [-0.05, 0) is 43.0 Å². The Bertz CT molecular complexity index is 531. The Labute approximate surface area is 130 Å². The standard InChI is InChI=1S/C17H22N2O3/c1-18-17(21)14-7-4-13(5-8-14)6-9-16(20)19-11-10-15-3-2-12-22-15/h4-9,15H,2-3,10-12H2,1H3,(H,18,21)(H,19,20). The number of ether oxygens (including phenoxy) is 1. The summed E-state index contributed by atoms with van der Waals surface area (Å²) >= 11 is 0. The van der Waals surface area contributed by atoms with Gasteiger partial charge in [-0.2, -0.15) is 0 Å². The Kier molecular flexibility index (Phi) is 6.15. The molecule has 0 aromatic heterocycles. The summed E-state index contributed by atoms with van der Waals surface area (Å²) in [6.07, 6.45) is 6.59. The summed E-state index contributed by atoms with van der Waals surface area (Å²) in [4.78, 5) is 23.1. The zero-order valence-corrected chi connectivity index (χ0v) is 12.8. The van der Waals surface area contributed by atoms with E-state index >= 15 is 0 Å². The van der Waals surface area contributed by atoms with E-state index in [-0.39, 0.29) is 11.8 Å². The zero-order valence-electron chi connectivity index (χ0n) is 12.8. The Morgan fingerprint density at radius 1 is 1.32 bits per heavy atom. The predicted molar refractivity (Wildman–Crippen MR) is 85.5 cm³/mol. The van der Waals surface area contributed by atoms with Gasteiger partial charge in [-0.25, -0.2) is 0 Å². The van der Waals surface area contributed by atoms with Crippen LogP contribution in [0.5, 0.6) is 0 Å². The lowest BCUT2D eigenvalue weighted by Crippen LogP contribution is -2.25. The molecule has 1 fully saturated rings. The molecule has 2 amide bonds. The molecule has 1 aromatic rings. The van der Waals surface area contributed by atoms with Crippen LogP contribution in [0.1, 0.15) is 35.2 Å². The first-order valence-electron chi connectivity index (χ1n) is 7.58. The summed E-state index contributed by atoms with van der Waals surface area (Å²) < 4.78 is 5.50. The summed E-state index contributed by atoms with van der Waals surface area (Å²) in [6, 6.07) is 7.07. The Balaban J connectivity index is 1.75. The van der Waals surface area contributed by atoms with Gasteiger partial charge < -0.3 is 15.4 Å². The molecule has 5 heteroatoms. The van der Waals surface area contributed by atoms with Gasteiger partial charge in [-0.3, -0.25) is 9.59 Å². The topological polar surface area (TPSA) is 67.4 Å². The van der Waals surface area contributed by atoms with Crippen LogP contribution in [0.15, 0.2) is 30.3 Å². The second-order valence-electron chi connectivity index (χ2n) is 5.25. The van der Waals surface area contributed by atoms with Crippen LogP contribution in [-0.2, 0) is 9.53 Å². The molecular formula is C17H22N2O3. The Morgan fingerprint density at radius 2 is 2.09 bits per heavy atom. The maximum absolute atomic E-state index is 11.7. The van der Waals surface area contributed by atoms with Crippen molar-refractivity contribution in [2.75, 3.05) is 20.2 Å². The van der Waals surface area contributed by atoms with E-state index in [0.29, 0.717) is 18.2 Å². The minimum Gasteiger partial charge on any atom is -0.378 e. The molecule has 118 valence electrons. The van der Waals surface area contributed by atoms with Crippen LogP contribution in [0.25, 0.3) is 6.08 Å². The van der Waals surface area contributed by atoms with Crippen LogP contribution < -0.4 is 10.6 Å². The van der Waals surface area contributed by atoms with Gasteiger partial charge in [0.05, 0.1) is 6.10 Å². The largest absolute Gasteiger partial charge is 0.378 e. The molecule has 0 bridgehead atoms. The van der Waals surface area contributed by atoms with E-state index in [1.165, 1.54) is 6.08 Å². The molecule has 2 rings (SSSR count). The second-order valence-corrected chi connectivity index (χ2v) is 5.25. The number of carbonyl (C=O) groups is 2. The minimum absolute atomic E-state index is 0.117. The summed E-state index contributed by atoms with van der Waals surface area (Å²) in [6.45, 7) is 1.47. The SMILES string of the molecule is CNC(=O)c1ccc(C=CC(=O)NCCC2CCCO2)cc1. The molecule has 1 aliphatic rings. The van der Waals surface area contributed by atoms with Crippen molar-refractivity contribution in [2.24, 2.45) is 0 Å². The smallest absolute Gasteiger partial charge is 0.251 e. The van der Waals surface area contributed by atoms with Crippen molar-refractivity contribution in [3.63, 3.8) is 0 Å². The van der Waals surface area contributed by atoms with Gasteiger partial charge >= 0.3 is 0 Å². The monoisotopic (exact) mass is 302 g/mol. The third kappa shape index (κ3) is 5.00. The third-order valence-electron chi connectivity index (χ3n) is 3.62. The Morgan fingerprint density at radius 3 is 2.73 bits per heavy atom. The number of benzene rings is 1. The maximum atomic E-state index is 11.7. The van der Waals surface area contributed by atoms with Crippen LogP contribution >= 0.6 is 0 Å². The molecule has 1 aliphatic heterocycles. The van der Waals surface area contributed by atoms with Crippen molar-refractivity contribution in [1.29, 1.82) is 0 Å². The van der Waals surface area contributed by atoms with Crippen molar-refractivity contribution < 1.29 is 14.3 Å². The first-order valence-corrected chi connectivity index (χ1v) is 7.58. The summed E-state index contributed by atoms with van der Waals surface area (Å²) in [5.74, 6) is -0.240. The number of carbonyl (C=O) groups excluding carboxylic acids is 2. The lowest BCUT2D eigenvalue weighted by Gasteiger charge is -2.08. The minimum atomic E-state index is -0.123. The van der Waals surface area contributed by atoms with Crippen LogP contribution in [0.2, 0.25) is 0 Å². The van der Waals surface area contributed by atoms with E-state index in [4.69, 9.17) is 4.74 Å². The molecule has 0 aliphatic carbocycles. The van der Waals surface area contributed by atoms with Gasteiger partial charge in [-0.15, -0.1) is 0 Å². The van der Waals surface area contributed by atoms with Crippen molar-refractivity contribution in [3.8, 4) is 0 Å². The van der Waals surface area contributed by atoms with Gasteiger partial charge in [-0.1, -0.05) is 12.1 Å². The van der Waals surface area contributed by atoms with Crippen molar-refractivity contribution >= 4 is 17.9 Å². The van der Waals surface area contributed by atoms with Gasteiger partial charge in [0.1, 0.15) is 0 Å². The second kappa shape index (κ2) is 8.34. The highest BCUT2D eigenvalue weighted by atomic mass is 16.5. The van der Waals surface area contributed by atoms with E-state index in [2.05, 4.69) is 10.6 Å². The normalized spacial score (nSPS) is 17.6. The number of hydrogen-bond donors (Lipinski definition) is 2. The van der Waals surface area contributed by atoms with Gasteiger partial charge in [0, 0.05) is 31.8 Å². The molecule has 0 saturated carbocycles. The molecule has 5 nitrogen and oxygen atoms in total. The molecule has 2 N–H and O–H groups in total. The van der Waals surface area contributed by atoms with E-state index < -0.39 is 0 Å². The molecule has 1 atom stereocenters. The van der Waals surface area contributed by atoms with Crippen molar-refractivity contribution in [1.82, 2.24) is 10.6 Å². The Hall–Kier alpha value is -2.14. The quantitative estimate of drug-likeness (QED) is 0.787. The van der Waals surface area contributed by atoms with E-state index in [0.717, 1.165) is 31.4 Å². The fourth-order valence-corrected chi connectivity index (χ4v) is 2.35. The summed E-state index contributed by atoms with van der Waals surface area (Å²) in [5.41, 5.74) is 1.47. The first-order chi connectivity index (χ1) is 10.7. The average molecular weight is 302 g/mol. The van der Waals surface area contributed by atoms with Crippen LogP contribution in [0.4, 0.5) is 0 Å².